The summed E-state index contributed by atoms with van der Waals surface area (Å²) >= 11 is 0. The Labute approximate surface area is 128 Å². The molecule has 2 rings (SSSR count). The van der Waals surface area contributed by atoms with Crippen LogP contribution >= 0.6 is 0 Å². The van der Waals surface area contributed by atoms with Gasteiger partial charge in [0.25, 0.3) is 5.69 Å². The number of nitrogens with zero attached hydrogens (tertiary/aromatic N) is 1. The maximum atomic E-state index is 12.0. The molecule has 0 aliphatic rings. The number of carbonyl (C=O) groups is 1. The van der Waals surface area contributed by atoms with E-state index in [1.54, 1.807) is 6.92 Å². The first kappa shape index (κ1) is 15.7. The molecule has 0 amide bonds. The van der Waals surface area contributed by atoms with Crippen molar-refractivity contribution in [2.24, 2.45) is 0 Å². The molecule has 114 valence electrons. The van der Waals surface area contributed by atoms with Crippen LogP contribution in [0.4, 0.5) is 5.69 Å². The molecule has 22 heavy (non-hydrogen) atoms. The lowest BCUT2D eigenvalue weighted by Crippen LogP contribution is -2.11. The summed E-state index contributed by atoms with van der Waals surface area (Å²) in [7, 11) is 0. The fraction of sp³-hybridized carbons (Fsp3) is 0.235. The molecular weight excluding hydrogens is 282 g/mol. The van der Waals surface area contributed by atoms with Crippen molar-refractivity contribution in [1.29, 1.82) is 0 Å². The van der Waals surface area contributed by atoms with E-state index in [1.807, 2.05) is 32.0 Å². The third kappa shape index (κ3) is 3.69. The molecule has 0 heterocycles. The Morgan fingerprint density at radius 1 is 1.05 bits per heavy atom. The fourth-order valence-electron chi connectivity index (χ4n) is 2.14. The van der Waals surface area contributed by atoms with E-state index < -0.39 is 10.9 Å². The molecule has 0 aliphatic heterocycles. The quantitative estimate of drug-likeness (QED) is 0.374. The number of hydrogen-bond acceptors (Lipinski definition) is 4. The largest absolute Gasteiger partial charge is 0.426 e. The average Bonchev–Trinajstić information content (AvgIpc) is 2.42. The third-order valence-corrected chi connectivity index (χ3v) is 3.52. The topological polar surface area (TPSA) is 69.4 Å². The smallest absolute Gasteiger partial charge is 0.315 e. The molecule has 0 N–H and O–H groups in total. The average molecular weight is 299 g/mol. The molecule has 5 heteroatoms. The number of nitro benzene ring substituents is 1. The van der Waals surface area contributed by atoms with Gasteiger partial charge in [0, 0.05) is 11.6 Å². The number of esters is 1. The van der Waals surface area contributed by atoms with Gasteiger partial charge in [0.15, 0.2) is 0 Å². The Bertz CT molecular complexity index is 737. The molecule has 0 fully saturated rings. The summed E-state index contributed by atoms with van der Waals surface area (Å²) in [4.78, 5) is 22.2. The van der Waals surface area contributed by atoms with E-state index in [2.05, 4.69) is 0 Å². The zero-order valence-corrected chi connectivity index (χ0v) is 12.8. The molecule has 0 bridgehead atoms. The molecule has 0 aromatic heterocycles. The lowest BCUT2D eigenvalue weighted by molar-refractivity contribution is -0.385. The Kier molecular flexibility index (Phi) is 4.56. The zero-order valence-electron chi connectivity index (χ0n) is 12.8. The minimum absolute atomic E-state index is 0.00829. The second-order valence-electron chi connectivity index (χ2n) is 5.27. The lowest BCUT2D eigenvalue weighted by atomic mass is 10.0. The monoisotopic (exact) mass is 299 g/mol. The van der Waals surface area contributed by atoms with Crippen LogP contribution in [-0.4, -0.2) is 10.9 Å². The van der Waals surface area contributed by atoms with Gasteiger partial charge in [0.05, 0.1) is 11.3 Å². The number of carbonyl (C=O) groups excluding carboxylic acids is 1. The zero-order chi connectivity index (χ0) is 16.3. The Balaban J connectivity index is 2.07. The number of rotatable bonds is 4. The van der Waals surface area contributed by atoms with Crippen molar-refractivity contribution in [3.8, 4) is 5.75 Å². The van der Waals surface area contributed by atoms with Crippen LogP contribution in [0.15, 0.2) is 36.4 Å². The van der Waals surface area contributed by atoms with Crippen molar-refractivity contribution in [2.75, 3.05) is 0 Å². The van der Waals surface area contributed by atoms with Crippen LogP contribution < -0.4 is 4.74 Å². The van der Waals surface area contributed by atoms with Gasteiger partial charge in [-0.05, 0) is 49.6 Å². The first-order valence-corrected chi connectivity index (χ1v) is 6.88. The summed E-state index contributed by atoms with van der Waals surface area (Å²) in [6, 6.07) is 10.1. The summed E-state index contributed by atoms with van der Waals surface area (Å²) in [5.41, 5.74) is 3.64. The van der Waals surface area contributed by atoms with Crippen molar-refractivity contribution in [2.45, 2.75) is 27.2 Å². The highest BCUT2D eigenvalue weighted by molar-refractivity contribution is 5.75. The highest BCUT2D eigenvalue weighted by Crippen LogP contribution is 2.23. The molecule has 0 radical (unpaired) electrons. The predicted octanol–water partition coefficient (Wildman–Crippen LogP) is 3.67. The van der Waals surface area contributed by atoms with Crippen LogP contribution in [0.3, 0.4) is 0 Å². The SMILES string of the molecule is Cc1ccc(CC(=O)Oc2ccc([N+](=O)[O-])c(C)c2)cc1C. The summed E-state index contributed by atoms with van der Waals surface area (Å²) in [5, 5.41) is 10.8. The fourth-order valence-corrected chi connectivity index (χ4v) is 2.14. The summed E-state index contributed by atoms with van der Waals surface area (Å²) in [6.45, 7) is 5.61. The molecule has 0 saturated heterocycles. The molecule has 0 spiro atoms. The molecule has 2 aromatic carbocycles. The molecule has 0 unspecified atom stereocenters. The first-order valence-electron chi connectivity index (χ1n) is 6.88. The van der Waals surface area contributed by atoms with Crippen molar-refractivity contribution in [1.82, 2.24) is 0 Å². The van der Waals surface area contributed by atoms with Crippen molar-refractivity contribution < 1.29 is 14.5 Å². The number of benzene rings is 2. The summed E-state index contributed by atoms with van der Waals surface area (Å²) in [5.74, 6) is -0.0755. The number of nitro groups is 1. The number of ether oxygens (including phenoxy) is 1. The second kappa shape index (κ2) is 6.39. The van der Waals surface area contributed by atoms with E-state index in [4.69, 9.17) is 4.74 Å². The van der Waals surface area contributed by atoms with Gasteiger partial charge >= 0.3 is 5.97 Å². The third-order valence-electron chi connectivity index (χ3n) is 3.52. The van der Waals surface area contributed by atoms with Gasteiger partial charge in [-0.3, -0.25) is 14.9 Å². The highest BCUT2D eigenvalue weighted by Gasteiger charge is 2.13. The first-order chi connectivity index (χ1) is 10.4. The van der Waals surface area contributed by atoms with Crippen LogP contribution in [-0.2, 0) is 11.2 Å². The molecule has 0 saturated carbocycles. The van der Waals surface area contributed by atoms with E-state index in [1.165, 1.54) is 23.8 Å². The van der Waals surface area contributed by atoms with Gasteiger partial charge < -0.3 is 4.74 Å². The number of hydrogen-bond donors (Lipinski definition) is 0. The lowest BCUT2D eigenvalue weighted by Gasteiger charge is -2.07. The van der Waals surface area contributed by atoms with E-state index in [0.29, 0.717) is 11.3 Å². The van der Waals surface area contributed by atoms with Gasteiger partial charge in [-0.25, -0.2) is 0 Å². The maximum Gasteiger partial charge on any atom is 0.315 e. The molecule has 5 nitrogen and oxygen atoms in total. The number of aryl methyl sites for hydroxylation is 3. The maximum absolute atomic E-state index is 12.0. The van der Waals surface area contributed by atoms with Gasteiger partial charge in [-0.2, -0.15) is 0 Å². The molecule has 0 aliphatic carbocycles. The van der Waals surface area contributed by atoms with Crippen molar-refractivity contribution in [3.63, 3.8) is 0 Å². The van der Waals surface area contributed by atoms with Crippen molar-refractivity contribution >= 4 is 11.7 Å². The molecule has 0 atom stereocenters. The minimum atomic E-state index is -0.462. The Morgan fingerprint density at radius 2 is 1.77 bits per heavy atom. The van der Waals surface area contributed by atoms with Crippen molar-refractivity contribution in [3.05, 3.63) is 68.8 Å². The predicted molar refractivity (Wildman–Crippen MR) is 83.1 cm³/mol. The van der Waals surface area contributed by atoms with E-state index >= 15 is 0 Å². The van der Waals surface area contributed by atoms with Gasteiger partial charge in [0.1, 0.15) is 5.75 Å². The minimum Gasteiger partial charge on any atom is -0.426 e. The molecular formula is C17H17NO4. The summed E-state index contributed by atoms with van der Waals surface area (Å²) < 4.78 is 5.24. The van der Waals surface area contributed by atoms with Gasteiger partial charge in [0.2, 0.25) is 0 Å². The van der Waals surface area contributed by atoms with E-state index in [9.17, 15) is 14.9 Å². The van der Waals surface area contributed by atoms with Crippen LogP contribution in [0, 0.1) is 30.9 Å². The van der Waals surface area contributed by atoms with Crippen LogP contribution in [0.1, 0.15) is 22.3 Å². The highest BCUT2D eigenvalue weighted by atomic mass is 16.6. The van der Waals surface area contributed by atoms with Gasteiger partial charge in [-0.15, -0.1) is 0 Å². The normalized spacial score (nSPS) is 10.3. The molecule has 2 aromatic rings. The van der Waals surface area contributed by atoms with Gasteiger partial charge in [-0.1, -0.05) is 18.2 Å². The van der Waals surface area contributed by atoms with Crippen LogP contribution in [0.5, 0.6) is 5.75 Å². The van der Waals surface area contributed by atoms with E-state index in [-0.39, 0.29) is 12.1 Å². The summed E-state index contributed by atoms with van der Waals surface area (Å²) in [6.07, 6.45) is 0.164. The second-order valence-corrected chi connectivity index (χ2v) is 5.27. The van der Waals surface area contributed by atoms with Crippen LogP contribution in [0.2, 0.25) is 0 Å². The Morgan fingerprint density at radius 3 is 2.36 bits per heavy atom. The van der Waals surface area contributed by atoms with E-state index in [0.717, 1.165) is 11.1 Å². The van der Waals surface area contributed by atoms with Crippen LogP contribution in [0.25, 0.3) is 0 Å². The Hall–Kier alpha value is -2.69. The standard InChI is InChI=1S/C17H17NO4/c1-11-4-5-14(8-12(11)2)10-17(19)22-15-6-7-16(18(20)21)13(3)9-15/h4-9H,10H2,1-3H3.